The van der Waals surface area contributed by atoms with Gasteiger partial charge in [0.25, 0.3) is 0 Å². The lowest BCUT2D eigenvalue weighted by atomic mass is 9.79. The predicted molar refractivity (Wildman–Crippen MR) is 52.0 cm³/mol. The molecule has 4 nitrogen and oxygen atoms in total. The lowest BCUT2D eigenvalue weighted by molar-refractivity contribution is -0.147. The molecule has 0 N–H and O–H groups in total. The van der Waals surface area contributed by atoms with Gasteiger partial charge in [0.1, 0.15) is 0 Å². The minimum absolute atomic E-state index is 0.230. The van der Waals surface area contributed by atoms with Crippen molar-refractivity contribution in [1.82, 2.24) is 4.31 Å². The van der Waals surface area contributed by atoms with Gasteiger partial charge >= 0.3 is 9.24 Å². The Morgan fingerprint density at radius 2 is 2.21 bits per heavy atom. The Kier molecular flexibility index (Phi) is 2.09. The third-order valence-corrected chi connectivity index (χ3v) is 4.89. The molecule has 0 aromatic rings. The van der Waals surface area contributed by atoms with Crippen molar-refractivity contribution in [3.05, 3.63) is 0 Å². The quantitative estimate of drug-likeness (QED) is 0.510. The van der Waals surface area contributed by atoms with E-state index in [2.05, 4.69) is 0 Å². The van der Waals surface area contributed by atoms with E-state index in [1.54, 1.807) is 0 Å². The van der Waals surface area contributed by atoms with E-state index in [0.29, 0.717) is 6.42 Å². The molecule has 6 heteroatoms. The van der Waals surface area contributed by atoms with Crippen molar-refractivity contribution in [3.8, 4) is 0 Å². The summed E-state index contributed by atoms with van der Waals surface area (Å²) in [5, 5.41) is 0. The Morgan fingerprint density at radius 3 is 2.57 bits per heavy atom. The van der Waals surface area contributed by atoms with Gasteiger partial charge in [0.15, 0.2) is 0 Å². The van der Waals surface area contributed by atoms with Crippen molar-refractivity contribution in [3.63, 3.8) is 0 Å². The van der Waals surface area contributed by atoms with Crippen molar-refractivity contribution < 1.29 is 13.2 Å². The molecule has 1 aliphatic carbocycles. The molecule has 1 saturated carbocycles. The molecular formula is C8H12ClNO3S. The molecule has 0 aromatic heterocycles. The third kappa shape index (κ3) is 1.18. The Labute approximate surface area is 87.8 Å². The summed E-state index contributed by atoms with van der Waals surface area (Å²) in [5.74, 6) is -0.137. The zero-order valence-electron chi connectivity index (χ0n) is 7.86. The molecule has 2 unspecified atom stereocenters. The van der Waals surface area contributed by atoms with E-state index in [4.69, 9.17) is 10.7 Å². The molecule has 2 atom stereocenters. The summed E-state index contributed by atoms with van der Waals surface area (Å²) < 4.78 is 23.3. The molecule has 1 aliphatic heterocycles. The highest BCUT2D eigenvalue weighted by Crippen LogP contribution is 2.51. The van der Waals surface area contributed by atoms with Gasteiger partial charge in [0.05, 0.1) is 12.0 Å². The third-order valence-electron chi connectivity index (χ3n) is 3.47. The van der Waals surface area contributed by atoms with Crippen LogP contribution >= 0.6 is 10.7 Å². The topological polar surface area (TPSA) is 54.5 Å². The second kappa shape index (κ2) is 2.85. The number of hydrogen-bond acceptors (Lipinski definition) is 3. The molecule has 1 amide bonds. The van der Waals surface area contributed by atoms with Crippen molar-refractivity contribution in [2.75, 3.05) is 0 Å². The van der Waals surface area contributed by atoms with Crippen LogP contribution in [0.5, 0.6) is 0 Å². The molecule has 2 rings (SSSR count). The number of hydrogen-bond donors (Lipinski definition) is 0. The van der Waals surface area contributed by atoms with Crippen LogP contribution in [0.1, 0.15) is 32.6 Å². The summed E-state index contributed by atoms with van der Waals surface area (Å²) in [6, 6.07) is 0. The SMILES string of the molecule is CC1CCCC12CC(=O)N2S(=O)(=O)Cl. The summed E-state index contributed by atoms with van der Waals surface area (Å²) in [4.78, 5) is 11.2. The normalized spacial score (nSPS) is 37.7. The molecule has 14 heavy (non-hydrogen) atoms. The highest BCUT2D eigenvalue weighted by Gasteiger charge is 2.60. The van der Waals surface area contributed by atoms with Gasteiger partial charge < -0.3 is 0 Å². The van der Waals surface area contributed by atoms with Crippen molar-refractivity contribution in [1.29, 1.82) is 0 Å². The van der Waals surface area contributed by atoms with E-state index in [9.17, 15) is 13.2 Å². The predicted octanol–water partition coefficient (Wildman–Crippen LogP) is 1.26. The monoisotopic (exact) mass is 237 g/mol. The summed E-state index contributed by atoms with van der Waals surface area (Å²) in [6.07, 6.45) is 3.03. The maximum atomic E-state index is 11.2. The van der Waals surface area contributed by atoms with Crippen LogP contribution in [0.25, 0.3) is 0 Å². The Morgan fingerprint density at radius 1 is 1.57 bits per heavy atom. The standard InChI is InChI=1S/C8H12ClNO3S/c1-6-3-2-4-8(6)5-7(11)10(8)14(9,12)13/h6H,2-5H2,1H3. The smallest absolute Gasteiger partial charge is 0.274 e. The maximum absolute atomic E-state index is 11.2. The molecule has 0 bridgehead atoms. The number of amides is 1. The van der Waals surface area contributed by atoms with Crippen LogP contribution in [0.4, 0.5) is 0 Å². The first kappa shape index (κ1) is 10.2. The number of carbonyl (C=O) groups is 1. The number of nitrogens with zero attached hydrogens (tertiary/aromatic N) is 1. The van der Waals surface area contributed by atoms with Gasteiger partial charge in [0, 0.05) is 10.7 Å². The number of β-lactam (4-membered cyclic amide) rings is 1. The van der Waals surface area contributed by atoms with Crippen LogP contribution in [-0.2, 0) is 14.0 Å². The fourth-order valence-electron chi connectivity index (χ4n) is 2.70. The first-order valence-corrected chi connectivity index (χ1v) is 6.92. The van der Waals surface area contributed by atoms with Crippen LogP contribution in [0, 0.1) is 5.92 Å². The first-order chi connectivity index (χ1) is 6.38. The lowest BCUT2D eigenvalue weighted by Gasteiger charge is -2.49. The van der Waals surface area contributed by atoms with Crippen molar-refractivity contribution in [2.45, 2.75) is 38.1 Å². The molecule has 2 fully saturated rings. The van der Waals surface area contributed by atoms with E-state index in [0.717, 1.165) is 23.6 Å². The summed E-state index contributed by atoms with van der Waals surface area (Å²) in [7, 11) is 1.36. The highest BCUT2D eigenvalue weighted by atomic mass is 35.7. The Hall–Kier alpha value is -0.290. The van der Waals surface area contributed by atoms with Gasteiger partial charge in [-0.15, -0.1) is 0 Å². The van der Waals surface area contributed by atoms with Gasteiger partial charge in [-0.3, -0.25) is 4.79 Å². The fraction of sp³-hybridized carbons (Fsp3) is 0.875. The molecule has 1 saturated heterocycles. The number of halogens is 1. The minimum Gasteiger partial charge on any atom is -0.274 e. The highest BCUT2D eigenvalue weighted by molar-refractivity contribution is 8.12. The fourth-order valence-corrected chi connectivity index (χ4v) is 4.42. The summed E-state index contributed by atoms with van der Waals surface area (Å²) in [5.41, 5.74) is -0.488. The zero-order chi connectivity index (χ0) is 10.6. The van der Waals surface area contributed by atoms with Gasteiger partial charge in [-0.25, -0.2) is 4.31 Å². The Bertz CT molecular complexity index is 380. The Balaban J connectivity index is 2.36. The second-order valence-corrected chi connectivity index (χ2v) is 6.53. The van der Waals surface area contributed by atoms with E-state index >= 15 is 0 Å². The summed E-state index contributed by atoms with van der Waals surface area (Å²) in [6.45, 7) is 1.98. The number of carbonyl (C=O) groups excluding carboxylic acids is 1. The average Bonchev–Trinajstić information content (AvgIpc) is 2.29. The molecule has 1 spiro atoms. The minimum atomic E-state index is -3.88. The van der Waals surface area contributed by atoms with Crippen molar-refractivity contribution >= 4 is 25.8 Å². The lowest BCUT2D eigenvalue weighted by Crippen LogP contribution is -2.65. The molecular weight excluding hydrogens is 226 g/mol. The second-order valence-electron chi connectivity index (χ2n) is 4.17. The van der Waals surface area contributed by atoms with E-state index in [-0.39, 0.29) is 11.8 Å². The van der Waals surface area contributed by atoms with Crippen molar-refractivity contribution in [2.24, 2.45) is 5.92 Å². The first-order valence-electron chi connectivity index (χ1n) is 4.66. The number of rotatable bonds is 1. The van der Waals surface area contributed by atoms with E-state index in [1.165, 1.54) is 0 Å². The van der Waals surface area contributed by atoms with Gasteiger partial charge in [-0.1, -0.05) is 13.3 Å². The maximum Gasteiger partial charge on any atom is 0.324 e. The van der Waals surface area contributed by atoms with Crippen LogP contribution < -0.4 is 0 Å². The zero-order valence-corrected chi connectivity index (χ0v) is 9.44. The molecule has 0 aromatic carbocycles. The molecule has 0 radical (unpaired) electrons. The van der Waals surface area contributed by atoms with Crippen LogP contribution in [0.2, 0.25) is 0 Å². The van der Waals surface area contributed by atoms with E-state index < -0.39 is 14.8 Å². The van der Waals surface area contributed by atoms with Gasteiger partial charge in [-0.2, -0.15) is 8.42 Å². The summed E-state index contributed by atoms with van der Waals surface area (Å²) >= 11 is 0. The average molecular weight is 238 g/mol. The molecule has 1 heterocycles. The van der Waals surface area contributed by atoms with E-state index in [1.807, 2.05) is 6.92 Å². The van der Waals surface area contributed by atoms with Crippen LogP contribution in [0.15, 0.2) is 0 Å². The van der Waals surface area contributed by atoms with Crippen LogP contribution in [0.3, 0.4) is 0 Å². The largest absolute Gasteiger partial charge is 0.324 e. The van der Waals surface area contributed by atoms with Gasteiger partial charge in [0.2, 0.25) is 5.91 Å². The van der Waals surface area contributed by atoms with Crippen LogP contribution in [-0.4, -0.2) is 24.2 Å². The molecule has 2 aliphatic rings. The molecule has 80 valence electrons. The van der Waals surface area contributed by atoms with Gasteiger partial charge in [-0.05, 0) is 18.8 Å².